The van der Waals surface area contributed by atoms with Crippen molar-refractivity contribution in [2.45, 2.75) is 73.1 Å². The van der Waals surface area contributed by atoms with Gasteiger partial charge in [-0.1, -0.05) is 52.0 Å². The second-order valence-corrected chi connectivity index (χ2v) is 10.2. The van der Waals surface area contributed by atoms with Crippen LogP contribution in [0.5, 0.6) is 5.75 Å². The number of nitrogens with one attached hydrogen (secondary N) is 1. The normalized spacial score (nSPS) is 16.6. The van der Waals surface area contributed by atoms with Gasteiger partial charge in [-0.2, -0.15) is 0 Å². The van der Waals surface area contributed by atoms with Gasteiger partial charge in [0.05, 0.1) is 6.61 Å². The van der Waals surface area contributed by atoms with Crippen molar-refractivity contribution in [3.8, 4) is 5.75 Å². The molecule has 2 aromatic rings. The summed E-state index contributed by atoms with van der Waals surface area (Å²) < 4.78 is 6.17. The van der Waals surface area contributed by atoms with Gasteiger partial charge in [0.15, 0.2) is 0 Å². The lowest BCUT2D eigenvalue weighted by Crippen LogP contribution is -2.21. The van der Waals surface area contributed by atoms with Gasteiger partial charge in [-0.05, 0) is 66.3 Å². The van der Waals surface area contributed by atoms with Crippen molar-refractivity contribution >= 4 is 11.6 Å². The number of benzene rings is 2. The summed E-state index contributed by atoms with van der Waals surface area (Å²) in [6.07, 6.45) is 1.25. The predicted molar refractivity (Wildman–Crippen MR) is 127 cm³/mol. The number of carbonyl (C=O) groups excluding carboxylic acids is 1. The molecule has 1 aliphatic rings. The quantitative estimate of drug-likeness (QED) is 0.599. The second kappa shape index (κ2) is 9.04. The third-order valence-electron chi connectivity index (χ3n) is 6.47. The number of fused-ring (bicyclic) bond motifs is 1. The van der Waals surface area contributed by atoms with Crippen molar-refractivity contribution in [2.24, 2.45) is 5.41 Å². The highest BCUT2D eigenvalue weighted by Crippen LogP contribution is 2.47. The maximum Gasteiger partial charge on any atom is 0.224 e. The third-order valence-corrected chi connectivity index (χ3v) is 6.47. The van der Waals surface area contributed by atoms with E-state index < -0.39 is 0 Å². The summed E-state index contributed by atoms with van der Waals surface area (Å²) in [6, 6.07) is 8.68. The van der Waals surface area contributed by atoms with Gasteiger partial charge in [-0.25, -0.2) is 0 Å². The van der Waals surface area contributed by atoms with Crippen molar-refractivity contribution in [2.75, 3.05) is 18.5 Å². The zero-order valence-electron chi connectivity index (χ0n) is 20.1. The molecule has 0 spiro atoms. The van der Waals surface area contributed by atoms with E-state index >= 15 is 0 Å². The number of hydrogen-bond donors (Lipinski definition) is 2. The lowest BCUT2D eigenvalue weighted by Gasteiger charge is -2.22. The molecule has 168 valence electrons. The van der Waals surface area contributed by atoms with Crippen LogP contribution in [-0.4, -0.2) is 24.2 Å². The van der Waals surface area contributed by atoms with Crippen LogP contribution in [0.25, 0.3) is 0 Å². The average Bonchev–Trinajstić information content (AvgIpc) is 3.14. The van der Waals surface area contributed by atoms with Crippen LogP contribution >= 0.6 is 0 Å². The Bertz CT molecular complexity index is 954. The molecule has 2 atom stereocenters. The number of ether oxygens (including phenoxy) is 1. The predicted octanol–water partition coefficient (Wildman–Crippen LogP) is 6.00. The van der Waals surface area contributed by atoms with E-state index in [1.807, 2.05) is 0 Å². The van der Waals surface area contributed by atoms with Crippen LogP contribution in [0.2, 0.25) is 0 Å². The van der Waals surface area contributed by atoms with Gasteiger partial charge in [0.25, 0.3) is 0 Å². The topological polar surface area (TPSA) is 58.6 Å². The molecule has 31 heavy (non-hydrogen) atoms. The number of amides is 1. The molecule has 1 amide bonds. The molecule has 4 nitrogen and oxygen atoms in total. The Morgan fingerprint density at radius 1 is 1.13 bits per heavy atom. The van der Waals surface area contributed by atoms with Crippen molar-refractivity contribution < 1.29 is 14.6 Å². The standard InChI is InChI=1S/C27H37NO3/c1-16(12-13-29)20-8-10-21(11-9-20)22-15-31-26-18(3)17(2)25(19(4)24(22)26)28-23(30)14-27(5,6)7/h8-11,16,22,29H,12-15H2,1-7H3,(H,28,30). The third kappa shape index (κ3) is 4.95. The summed E-state index contributed by atoms with van der Waals surface area (Å²) in [5.74, 6) is 1.50. The maximum absolute atomic E-state index is 12.7. The summed E-state index contributed by atoms with van der Waals surface area (Å²) in [5, 5.41) is 12.4. The van der Waals surface area contributed by atoms with Crippen molar-refractivity contribution in [3.63, 3.8) is 0 Å². The van der Waals surface area contributed by atoms with Crippen LogP contribution in [0.1, 0.15) is 85.8 Å². The number of aliphatic hydroxyl groups excluding tert-OH is 1. The summed E-state index contributed by atoms with van der Waals surface area (Å²) in [4.78, 5) is 12.7. The number of aliphatic hydroxyl groups is 1. The number of anilines is 1. The Kier molecular flexibility index (Phi) is 6.80. The first-order chi connectivity index (χ1) is 14.5. The summed E-state index contributed by atoms with van der Waals surface area (Å²) in [5.41, 5.74) is 7.79. The lowest BCUT2D eigenvalue weighted by atomic mass is 9.85. The summed E-state index contributed by atoms with van der Waals surface area (Å²) in [6.45, 7) is 15.4. The molecular formula is C27H37NO3. The van der Waals surface area contributed by atoms with Crippen LogP contribution in [0.4, 0.5) is 5.69 Å². The van der Waals surface area contributed by atoms with E-state index in [0.29, 0.717) is 18.9 Å². The van der Waals surface area contributed by atoms with Crippen LogP contribution < -0.4 is 10.1 Å². The highest BCUT2D eigenvalue weighted by Gasteiger charge is 2.32. The van der Waals surface area contributed by atoms with Crippen LogP contribution in [0, 0.1) is 26.2 Å². The minimum atomic E-state index is -0.0573. The van der Waals surface area contributed by atoms with E-state index in [1.165, 1.54) is 16.7 Å². The molecule has 0 saturated heterocycles. The summed E-state index contributed by atoms with van der Waals surface area (Å²) in [7, 11) is 0. The zero-order chi connectivity index (χ0) is 22.9. The van der Waals surface area contributed by atoms with Gasteiger partial charge in [0.1, 0.15) is 5.75 Å². The number of carbonyl (C=O) groups is 1. The Labute approximate surface area is 187 Å². The van der Waals surface area contributed by atoms with E-state index in [1.54, 1.807) is 0 Å². The van der Waals surface area contributed by atoms with Gasteiger partial charge in [-0.15, -0.1) is 0 Å². The van der Waals surface area contributed by atoms with Gasteiger partial charge < -0.3 is 15.2 Å². The van der Waals surface area contributed by atoms with E-state index in [2.05, 4.69) is 78.0 Å². The monoisotopic (exact) mass is 423 g/mol. The molecule has 0 aromatic heterocycles. The first-order valence-corrected chi connectivity index (χ1v) is 11.3. The average molecular weight is 424 g/mol. The molecule has 0 fully saturated rings. The van der Waals surface area contributed by atoms with Crippen LogP contribution in [-0.2, 0) is 4.79 Å². The summed E-state index contributed by atoms with van der Waals surface area (Å²) >= 11 is 0. The molecular weight excluding hydrogens is 386 g/mol. The van der Waals surface area contributed by atoms with E-state index in [4.69, 9.17) is 4.74 Å². The van der Waals surface area contributed by atoms with Gasteiger partial charge >= 0.3 is 0 Å². The van der Waals surface area contributed by atoms with Crippen LogP contribution in [0.3, 0.4) is 0 Å². The molecule has 0 radical (unpaired) electrons. The molecule has 2 aromatic carbocycles. The molecule has 2 unspecified atom stereocenters. The molecule has 0 aliphatic carbocycles. The molecule has 4 heteroatoms. The Morgan fingerprint density at radius 2 is 1.77 bits per heavy atom. The Balaban J connectivity index is 1.95. The molecule has 1 aliphatic heterocycles. The number of hydrogen-bond acceptors (Lipinski definition) is 3. The second-order valence-electron chi connectivity index (χ2n) is 10.2. The van der Waals surface area contributed by atoms with Crippen molar-refractivity contribution in [3.05, 3.63) is 57.6 Å². The van der Waals surface area contributed by atoms with Gasteiger partial charge in [0.2, 0.25) is 5.91 Å². The molecule has 0 bridgehead atoms. The van der Waals surface area contributed by atoms with Crippen LogP contribution in [0.15, 0.2) is 24.3 Å². The molecule has 1 heterocycles. The SMILES string of the molecule is Cc1c(C)c2c(c(C)c1NC(=O)CC(C)(C)C)C(c1ccc(C(C)CCO)cc1)CO2. The van der Waals surface area contributed by atoms with Crippen molar-refractivity contribution in [1.29, 1.82) is 0 Å². The van der Waals surface area contributed by atoms with E-state index in [9.17, 15) is 9.90 Å². The zero-order valence-corrected chi connectivity index (χ0v) is 20.1. The molecule has 0 saturated carbocycles. The maximum atomic E-state index is 12.7. The van der Waals surface area contributed by atoms with E-state index in [0.717, 1.165) is 34.5 Å². The number of rotatable bonds is 6. The largest absolute Gasteiger partial charge is 0.492 e. The minimum absolute atomic E-state index is 0.0516. The van der Waals surface area contributed by atoms with E-state index in [-0.39, 0.29) is 23.8 Å². The lowest BCUT2D eigenvalue weighted by molar-refractivity contribution is -0.117. The van der Waals surface area contributed by atoms with Gasteiger partial charge in [-0.3, -0.25) is 4.79 Å². The highest BCUT2D eigenvalue weighted by molar-refractivity contribution is 5.93. The fourth-order valence-corrected chi connectivity index (χ4v) is 4.53. The molecule has 3 rings (SSSR count). The van der Waals surface area contributed by atoms with Crippen molar-refractivity contribution in [1.82, 2.24) is 0 Å². The molecule has 2 N–H and O–H groups in total. The Morgan fingerprint density at radius 3 is 2.35 bits per heavy atom. The minimum Gasteiger partial charge on any atom is -0.492 e. The first-order valence-electron chi connectivity index (χ1n) is 11.3. The fraction of sp³-hybridized carbons (Fsp3) is 0.519. The fourth-order valence-electron chi connectivity index (χ4n) is 4.53. The van der Waals surface area contributed by atoms with Gasteiger partial charge in [0, 0.05) is 30.2 Å². The Hall–Kier alpha value is -2.33. The smallest absolute Gasteiger partial charge is 0.224 e. The highest BCUT2D eigenvalue weighted by atomic mass is 16.5. The first kappa shape index (κ1) is 23.3.